The van der Waals surface area contributed by atoms with E-state index in [0.29, 0.717) is 35.6 Å². The Morgan fingerprint density at radius 1 is 0.980 bits per heavy atom. The molecule has 0 amide bonds. The van der Waals surface area contributed by atoms with Crippen LogP contribution in [0.4, 0.5) is 47.7 Å². The Morgan fingerprint density at radius 2 is 1.69 bits per heavy atom. The van der Waals surface area contributed by atoms with E-state index in [1.54, 1.807) is 7.11 Å². The molecule has 2 aromatic carbocycles. The second kappa shape index (κ2) is 14.6. The quantitative estimate of drug-likeness (QED) is 0.225. The maximum absolute atomic E-state index is 14.3. The summed E-state index contributed by atoms with van der Waals surface area (Å²) in [6.07, 6.45) is 2.50. The lowest BCUT2D eigenvalue weighted by Gasteiger charge is -2.43. The standard InChI is InChI=1S/C34H43F3N10O3S/c1-6-22-19-27(29(50-4)20-28(22)47-13-9-23(10-14-47)46-17-15-44(2)16-18-46)42-33-40-21-24(34(35,36)37)32(43-33)41-26-8-7-25-30(39-12-11-38-25)31(26)45(3)51(5,48)49/h7-8,11-12,19-21,23H,6,9-10,13-18H2,1-5H3,(H2,40,41,42,43). The summed E-state index contributed by atoms with van der Waals surface area (Å²) >= 11 is 0. The molecule has 2 aliphatic rings. The van der Waals surface area contributed by atoms with Gasteiger partial charge in [-0.1, -0.05) is 6.92 Å². The van der Waals surface area contributed by atoms with Crippen LogP contribution in [0.15, 0.2) is 42.9 Å². The molecule has 274 valence electrons. The molecule has 4 heterocycles. The van der Waals surface area contributed by atoms with Crippen molar-refractivity contribution in [1.82, 2.24) is 29.7 Å². The number of aryl methyl sites for hydroxylation is 1. The van der Waals surface area contributed by atoms with Crippen LogP contribution >= 0.6 is 0 Å². The van der Waals surface area contributed by atoms with Crippen molar-refractivity contribution in [3.8, 4) is 5.75 Å². The van der Waals surface area contributed by atoms with E-state index < -0.39 is 27.6 Å². The van der Waals surface area contributed by atoms with Gasteiger partial charge in [0.1, 0.15) is 28.3 Å². The summed E-state index contributed by atoms with van der Waals surface area (Å²) in [4.78, 5) is 24.1. The van der Waals surface area contributed by atoms with Gasteiger partial charge in [-0.15, -0.1) is 0 Å². The predicted molar refractivity (Wildman–Crippen MR) is 193 cm³/mol. The summed E-state index contributed by atoms with van der Waals surface area (Å²) in [5.41, 5.74) is 2.04. The second-order valence-corrected chi connectivity index (χ2v) is 14.9. The van der Waals surface area contributed by atoms with Crippen molar-refractivity contribution >= 4 is 55.6 Å². The van der Waals surface area contributed by atoms with E-state index in [2.05, 4.69) is 59.2 Å². The maximum atomic E-state index is 14.3. The van der Waals surface area contributed by atoms with Crippen molar-refractivity contribution in [1.29, 1.82) is 0 Å². The zero-order valence-electron chi connectivity index (χ0n) is 29.3. The molecular formula is C34H43F3N10O3S. The Hall–Kier alpha value is -4.48. The fourth-order valence-corrected chi connectivity index (χ4v) is 7.23. The first kappa shape index (κ1) is 36.3. The lowest BCUT2D eigenvalue weighted by Crippen LogP contribution is -2.52. The van der Waals surface area contributed by atoms with Crippen LogP contribution in [0.3, 0.4) is 0 Å². The third-order valence-corrected chi connectivity index (χ3v) is 10.8. The van der Waals surface area contributed by atoms with Crippen LogP contribution in [0.25, 0.3) is 11.0 Å². The van der Waals surface area contributed by atoms with Crippen molar-refractivity contribution in [2.24, 2.45) is 0 Å². The lowest BCUT2D eigenvalue weighted by atomic mass is 9.99. The second-order valence-electron chi connectivity index (χ2n) is 12.9. The molecule has 2 aliphatic heterocycles. The Balaban J connectivity index is 1.30. The average Bonchev–Trinajstić information content (AvgIpc) is 3.10. The number of benzene rings is 2. The number of hydrogen-bond donors (Lipinski definition) is 2. The minimum absolute atomic E-state index is 0.0155. The van der Waals surface area contributed by atoms with Gasteiger partial charge in [-0.3, -0.25) is 19.2 Å². The van der Waals surface area contributed by atoms with E-state index in [0.717, 1.165) is 73.9 Å². The summed E-state index contributed by atoms with van der Waals surface area (Å²) in [5.74, 6) is -0.210. The normalized spacial score (nSPS) is 16.7. The third kappa shape index (κ3) is 7.89. The molecule has 0 spiro atoms. The van der Waals surface area contributed by atoms with E-state index in [4.69, 9.17) is 4.74 Å². The van der Waals surface area contributed by atoms with Gasteiger partial charge in [0.05, 0.1) is 30.3 Å². The summed E-state index contributed by atoms with van der Waals surface area (Å²) in [6.45, 7) is 8.24. The molecule has 0 saturated carbocycles. The summed E-state index contributed by atoms with van der Waals surface area (Å²) < 4.78 is 74.8. The Labute approximate surface area is 295 Å². The highest BCUT2D eigenvalue weighted by Crippen LogP contribution is 2.41. The highest BCUT2D eigenvalue weighted by molar-refractivity contribution is 7.92. The number of rotatable bonds is 10. The van der Waals surface area contributed by atoms with Gasteiger partial charge in [-0.2, -0.15) is 18.2 Å². The topological polar surface area (TPSA) is 132 Å². The van der Waals surface area contributed by atoms with E-state index in [1.165, 1.54) is 31.6 Å². The molecule has 0 radical (unpaired) electrons. The number of hydrogen-bond acceptors (Lipinski definition) is 12. The lowest BCUT2D eigenvalue weighted by molar-refractivity contribution is -0.137. The maximum Gasteiger partial charge on any atom is 0.421 e. The van der Waals surface area contributed by atoms with Crippen LogP contribution in [0.5, 0.6) is 5.75 Å². The van der Waals surface area contributed by atoms with Crippen LogP contribution < -0.4 is 24.6 Å². The average molecular weight is 729 g/mol. The highest BCUT2D eigenvalue weighted by atomic mass is 32.2. The highest BCUT2D eigenvalue weighted by Gasteiger charge is 2.36. The minimum Gasteiger partial charge on any atom is -0.494 e. The first-order valence-corrected chi connectivity index (χ1v) is 18.7. The van der Waals surface area contributed by atoms with Gasteiger partial charge in [-0.25, -0.2) is 13.4 Å². The van der Waals surface area contributed by atoms with E-state index >= 15 is 0 Å². The molecule has 17 heteroatoms. The number of methoxy groups -OCH3 is 1. The largest absolute Gasteiger partial charge is 0.494 e. The molecule has 2 fully saturated rings. The predicted octanol–water partition coefficient (Wildman–Crippen LogP) is 5.11. The van der Waals surface area contributed by atoms with Crippen LogP contribution in [-0.2, 0) is 22.6 Å². The number of likely N-dealkylation sites (N-methyl/N-ethyl adjacent to an activating group) is 1. The Morgan fingerprint density at radius 3 is 2.33 bits per heavy atom. The Bertz CT molecular complexity index is 1980. The molecule has 0 unspecified atom stereocenters. The fraction of sp³-hybridized carbons (Fsp3) is 0.471. The number of fused-ring (bicyclic) bond motifs is 1. The van der Waals surface area contributed by atoms with Gasteiger partial charge in [0.2, 0.25) is 16.0 Å². The van der Waals surface area contributed by atoms with Gasteiger partial charge in [0.25, 0.3) is 0 Å². The molecule has 51 heavy (non-hydrogen) atoms. The monoisotopic (exact) mass is 728 g/mol. The number of ether oxygens (including phenoxy) is 1. The van der Waals surface area contributed by atoms with Crippen molar-refractivity contribution in [2.75, 3.05) is 86.6 Å². The number of nitrogens with one attached hydrogen (secondary N) is 2. The number of halogens is 3. The Kier molecular flexibility index (Phi) is 10.4. The fourth-order valence-electron chi connectivity index (χ4n) is 6.72. The molecule has 6 rings (SSSR count). The molecule has 4 aromatic rings. The van der Waals surface area contributed by atoms with Crippen molar-refractivity contribution < 1.29 is 26.3 Å². The van der Waals surface area contributed by atoms with E-state index in [9.17, 15) is 21.6 Å². The molecule has 2 saturated heterocycles. The van der Waals surface area contributed by atoms with Crippen LogP contribution in [-0.4, -0.2) is 111 Å². The zero-order valence-corrected chi connectivity index (χ0v) is 30.1. The summed E-state index contributed by atoms with van der Waals surface area (Å²) in [7, 11) is 1.15. The van der Waals surface area contributed by atoms with E-state index in [1.807, 2.05) is 12.1 Å². The van der Waals surface area contributed by atoms with Crippen molar-refractivity contribution in [3.05, 3.63) is 54.0 Å². The molecule has 2 aromatic heterocycles. The first-order valence-electron chi connectivity index (χ1n) is 16.8. The van der Waals surface area contributed by atoms with Crippen LogP contribution in [0, 0.1) is 0 Å². The van der Waals surface area contributed by atoms with Gasteiger partial charge >= 0.3 is 6.18 Å². The zero-order chi connectivity index (χ0) is 36.5. The van der Waals surface area contributed by atoms with Crippen LogP contribution in [0.1, 0.15) is 30.9 Å². The van der Waals surface area contributed by atoms with Crippen LogP contribution in [0.2, 0.25) is 0 Å². The number of aromatic nitrogens is 4. The first-order chi connectivity index (χ1) is 24.3. The number of sulfonamides is 1. The number of piperidine rings is 1. The summed E-state index contributed by atoms with van der Waals surface area (Å²) in [6, 6.07) is 7.42. The number of piperazine rings is 1. The number of alkyl halides is 3. The molecule has 0 atom stereocenters. The number of nitrogens with zero attached hydrogens (tertiary/aromatic N) is 8. The molecule has 0 aliphatic carbocycles. The SMILES string of the molecule is CCc1cc(Nc2ncc(C(F)(F)F)c(Nc3ccc4nccnc4c3N(C)S(C)(=O)=O)n2)c(OC)cc1N1CCC(N2CCN(C)CC2)CC1. The molecule has 13 nitrogen and oxygen atoms in total. The van der Waals surface area contributed by atoms with Gasteiger partial charge < -0.3 is 25.2 Å². The van der Waals surface area contributed by atoms with Crippen molar-refractivity contribution in [3.63, 3.8) is 0 Å². The molecular weight excluding hydrogens is 686 g/mol. The van der Waals surface area contributed by atoms with E-state index in [-0.39, 0.29) is 22.8 Å². The minimum atomic E-state index is -4.83. The van der Waals surface area contributed by atoms with Crippen molar-refractivity contribution in [2.45, 2.75) is 38.4 Å². The molecule has 0 bridgehead atoms. The smallest absolute Gasteiger partial charge is 0.421 e. The third-order valence-electron chi connectivity index (χ3n) is 9.66. The number of anilines is 6. The summed E-state index contributed by atoms with van der Waals surface area (Å²) in [5, 5.41) is 5.79. The van der Waals surface area contributed by atoms with Gasteiger partial charge in [-0.05, 0) is 50.1 Å². The van der Waals surface area contributed by atoms with Gasteiger partial charge in [0.15, 0.2) is 0 Å². The van der Waals surface area contributed by atoms with Gasteiger partial charge in [0, 0.05) is 82.7 Å². The molecule has 2 N–H and O–H groups in total.